The number of nitrogens with one attached hydrogen (secondary N) is 3. The quantitative estimate of drug-likeness (QED) is 0.169. The van der Waals surface area contributed by atoms with E-state index in [-0.39, 0.29) is 41.6 Å². The van der Waals surface area contributed by atoms with Crippen LogP contribution in [0.2, 0.25) is 0 Å². The lowest BCUT2D eigenvalue weighted by atomic mass is 10.1. The summed E-state index contributed by atoms with van der Waals surface area (Å²) in [6.45, 7) is 3.26. The maximum Gasteiger partial charge on any atom is 0.573 e. The summed E-state index contributed by atoms with van der Waals surface area (Å²) < 4.78 is 96.8. The zero-order valence-electron chi connectivity index (χ0n) is 18.7. The van der Waals surface area contributed by atoms with Crippen LogP contribution in [0.4, 0.5) is 48.2 Å². The zero-order valence-corrected chi connectivity index (χ0v) is 18.7. The summed E-state index contributed by atoms with van der Waals surface area (Å²) in [6, 6.07) is 5.51. The molecule has 0 spiro atoms. The number of aliphatic hydroxyl groups is 1. The van der Waals surface area contributed by atoms with Gasteiger partial charge in [0, 0.05) is 17.7 Å². The van der Waals surface area contributed by atoms with E-state index in [1.165, 1.54) is 18.2 Å². The van der Waals surface area contributed by atoms with Crippen molar-refractivity contribution in [1.82, 2.24) is 9.97 Å². The molecule has 0 fully saturated rings. The van der Waals surface area contributed by atoms with Gasteiger partial charge in [0.25, 0.3) is 0 Å². The molecule has 0 unspecified atom stereocenters. The molecular formula is C22H20F7N5O2. The van der Waals surface area contributed by atoms with Crippen LogP contribution in [0.25, 0.3) is 11.3 Å². The molecule has 0 aliphatic heterocycles. The predicted octanol–water partition coefficient (Wildman–Crippen LogP) is 5.47. The summed E-state index contributed by atoms with van der Waals surface area (Å²) in [7, 11) is 0. The van der Waals surface area contributed by atoms with Crippen LogP contribution in [0.1, 0.15) is 13.8 Å². The standard InChI is InChI=1S/C22H20F7N5O2/c1-10(2)16(9-35)31-21-30-15(11-4-3-5-12(6-11)36-22(27,28)29)8-17(32-21)33-34-20-18(25)13(23)7-14(24)19(20)26/h3-8,10,16,34-35H,9H2,1-2H3,(H2,30,31,32,33)/t16-/m0/s1. The van der Waals surface area contributed by atoms with E-state index < -0.39 is 47.1 Å². The van der Waals surface area contributed by atoms with E-state index in [2.05, 4.69) is 25.4 Å². The monoisotopic (exact) mass is 519 g/mol. The van der Waals surface area contributed by atoms with E-state index in [4.69, 9.17) is 0 Å². The Hall–Kier alpha value is -3.81. The number of ether oxygens (including phenoxy) is 1. The maximum atomic E-state index is 14.0. The van der Waals surface area contributed by atoms with Gasteiger partial charge >= 0.3 is 6.36 Å². The molecule has 3 rings (SSSR count). The van der Waals surface area contributed by atoms with Gasteiger partial charge in [0.1, 0.15) is 11.4 Å². The van der Waals surface area contributed by atoms with Crippen LogP contribution >= 0.6 is 0 Å². The van der Waals surface area contributed by atoms with Crippen molar-refractivity contribution >= 4 is 17.5 Å². The average molecular weight is 519 g/mol. The first-order valence-corrected chi connectivity index (χ1v) is 10.4. The summed E-state index contributed by atoms with van der Waals surface area (Å²) in [6.07, 6.45) is -4.94. The second kappa shape index (κ2) is 10.8. The van der Waals surface area contributed by atoms with Gasteiger partial charge in [-0.1, -0.05) is 26.0 Å². The summed E-state index contributed by atoms with van der Waals surface area (Å²) >= 11 is 0. The maximum absolute atomic E-state index is 14.0. The molecule has 0 aliphatic carbocycles. The van der Waals surface area contributed by atoms with Crippen LogP contribution in [0.5, 0.6) is 5.75 Å². The van der Waals surface area contributed by atoms with Crippen molar-refractivity contribution < 1.29 is 40.6 Å². The number of anilines is 3. The minimum absolute atomic E-state index is 0.0382. The Balaban J connectivity index is 2.00. The van der Waals surface area contributed by atoms with Gasteiger partial charge in [0.05, 0.1) is 18.3 Å². The SMILES string of the molecule is CC(C)[C@H](CO)Nc1nc(NNc2c(F)c(F)cc(F)c2F)cc(-c2cccc(OC(F)(F)F)c2)n1. The normalized spacial score (nSPS) is 12.4. The van der Waals surface area contributed by atoms with E-state index in [9.17, 15) is 35.8 Å². The molecular weight excluding hydrogens is 499 g/mol. The van der Waals surface area contributed by atoms with Gasteiger partial charge in [-0.2, -0.15) is 4.98 Å². The number of halogens is 7. The highest BCUT2D eigenvalue weighted by molar-refractivity contribution is 5.66. The number of rotatable bonds is 9. The summed E-state index contributed by atoms with van der Waals surface area (Å²) in [5.74, 6) is -7.63. The smallest absolute Gasteiger partial charge is 0.406 e. The summed E-state index contributed by atoms with van der Waals surface area (Å²) in [4.78, 5) is 8.30. The molecule has 3 aromatic rings. The van der Waals surface area contributed by atoms with E-state index in [1.54, 1.807) is 13.8 Å². The zero-order chi connectivity index (χ0) is 26.6. The molecule has 0 aliphatic rings. The Labute approximate surface area is 200 Å². The van der Waals surface area contributed by atoms with Crippen LogP contribution in [0.15, 0.2) is 36.4 Å². The highest BCUT2D eigenvalue weighted by Gasteiger charge is 2.31. The molecule has 1 heterocycles. The lowest BCUT2D eigenvalue weighted by molar-refractivity contribution is -0.274. The third kappa shape index (κ3) is 6.65. The first kappa shape index (κ1) is 26.8. The number of hydrazine groups is 1. The summed E-state index contributed by atoms with van der Waals surface area (Å²) in [5.41, 5.74) is 3.30. The molecule has 2 aromatic carbocycles. The third-order valence-corrected chi connectivity index (χ3v) is 4.83. The molecule has 7 nitrogen and oxygen atoms in total. The van der Waals surface area contributed by atoms with Crippen molar-refractivity contribution in [2.45, 2.75) is 26.3 Å². The van der Waals surface area contributed by atoms with E-state index in [0.29, 0.717) is 0 Å². The molecule has 36 heavy (non-hydrogen) atoms. The Morgan fingerprint density at radius 3 is 2.19 bits per heavy atom. The fourth-order valence-electron chi connectivity index (χ4n) is 2.97. The second-order valence-corrected chi connectivity index (χ2v) is 7.81. The molecule has 194 valence electrons. The number of aromatic nitrogens is 2. The van der Waals surface area contributed by atoms with Gasteiger partial charge in [0.15, 0.2) is 29.1 Å². The number of alkyl halides is 3. The Bertz CT molecular complexity index is 1200. The van der Waals surface area contributed by atoms with Crippen LogP contribution in [-0.2, 0) is 0 Å². The van der Waals surface area contributed by atoms with Gasteiger partial charge in [-0.3, -0.25) is 10.9 Å². The highest BCUT2D eigenvalue weighted by atomic mass is 19.4. The molecule has 1 atom stereocenters. The Morgan fingerprint density at radius 2 is 1.61 bits per heavy atom. The molecule has 0 radical (unpaired) electrons. The van der Waals surface area contributed by atoms with Crippen LogP contribution in [0.3, 0.4) is 0 Å². The third-order valence-electron chi connectivity index (χ3n) is 4.83. The van der Waals surface area contributed by atoms with E-state index in [1.807, 2.05) is 5.43 Å². The molecule has 4 N–H and O–H groups in total. The minimum atomic E-state index is -4.94. The van der Waals surface area contributed by atoms with E-state index in [0.717, 1.165) is 12.1 Å². The average Bonchev–Trinajstić information content (AvgIpc) is 2.80. The van der Waals surface area contributed by atoms with Crippen LogP contribution in [-0.4, -0.2) is 34.1 Å². The van der Waals surface area contributed by atoms with Gasteiger partial charge in [-0.05, 0) is 18.1 Å². The van der Waals surface area contributed by atoms with Crippen molar-refractivity contribution in [2.75, 3.05) is 22.8 Å². The van der Waals surface area contributed by atoms with Crippen molar-refractivity contribution in [3.63, 3.8) is 0 Å². The lowest BCUT2D eigenvalue weighted by Gasteiger charge is -2.21. The predicted molar refractivity (Wildman–Crippen MR) is 117 cm³/mol. The van der Waals surface area contributed by atoms with Crippen LogP contribution < -0.4 is 20.9 Å². The minimum Gasteiger partial charge on any atom is -0.406 e. The van der Waals surface area contributed by atoms with Gasteiger partial charge in [-0.25, -0.2) is 22.5 Å². The first-order chi connectivity index (χ1) is 16.9. The summed E-state index contributed by atoms with van der Waals surface area (Å²) in [5, 5.41) is 12.5. The fraction of sp³-hybridized carbons (Fsp3) is 0.273. The van der Waals surface area contributed by atoms with Crippen molar-refractivity contribution in [1.29, 1.82) is 0 Å². The first-order valence-electron chi connectivity index (χ1n) is 10.4. The number of hydrogen-bond acceptors (Lipinski definition) is 7. The Morgan fingerprint density at radius 1 is 0.944 bits per heavy atom. The largest absolute Gasteiger partial charge is 0.573 e. The highest BCUT2D eigenvalue weighted by Crippen LogP contribution is 2.29. The van der Waals surface area contributed by atoms with Crippen molar-refractivity contribution in [3.8, 4) is 17.0 Å². The molecule has 1 aromatic heterocycles. The van der Waals surface area contributed by atoms with Crippen molar-refractivity contribution in [3.05, 3.63) is 59.7 Å². The van der Waals surface area contributed by atoms with Crippen molar-refractivity contribution in [2.24, 2.45) is 5.92 Å². The molecule has 0 amide bonds. The second-order valence-electron chi connectivity index (χ2n) is 7.81. The van der Waals surface area contributed by atoms with E-state index >= 15 is 0 Å². The topological polar surface area (TPSA) is 91.3 Å². The Kier molecular flexibility index (Phi) is 8.07. The van der Waals surface area contributed by atoms with Gasteiger partial charge in [0.2, 0.25) is 5.95 Å². The molecule has 0 saturated carbocycles. The number of hydrogen-bond donors (Lipinski definition) is 4. The lowest BCUT2D eigenvalue weighted by Crippen LogP contribution is -2.30. The number of aliphatic hydroxyl groups excluding tert-OH is 1. The number of benzene rings is 2. The number of nitrogens with zero attached hydrogens (tertiary/aromatic N) is 2. The molecule has 0 bridgehead atoms. The van der Waals surface area contributed by atoms with Gasteiger partial charge in [-0.15, -0.1) is 13.2 Å². The fourth-order valence-corrected chi connectivity index (χ4v) is 2.97. The van der Waals surface area contributed by atoms with Crippen LogP contribution in [0, 0.1) is 29.2 Å². The molecule has 14 heteroatoms. The van der Waals surface area contributed by atoms with Gasteiger partial charge < -0.3 is 15.2 Å². The molecule has 0 saturated heterocycles.